The maximum Gasteiger partial charge on any atom is 0.323 e. The number of nitrogens with zero attached hydrogens (tertiary/aromatic N) is 2. The summed E-state index contributed by atoms with van der Waals surface area (Å²) in [4.78, 5) is 27.0. The number of carboxylic acid groups (broad SMARTS) is 1. The van der Waals surface area contributed by atoms with Gasteiger partial charge in [-0.2, -0.15) is 0 Å². The molecule has 1 heterocycles. The lowest BCUT2D eigenvalue weighted by molar-refractivity contribution is -0.142. The summed E-state index contributed by atoms with van der Waals surface area (Å²) >= 11 is 0. The zero-order valence-electron chi connectivity index (χ0n) is 14.9. The predicted molar refractivity (Wildman–Crippen MR) is 98.8 cm³/mol. The molecule has 0 atom stereocenters. The molecule has 1 spiro atoms. The highest BCUT2D eigenvalue weighted by molar-refractivity contribution is 5.85. The van der Waals surface area contributed by atoms with E-state index in [0.29, 0.717) is 13.0 Å². The lowest BCUT2D eigenvalue weighted by atomic mass is 9.64. The molecule has 0 aromatic heterocycles. The molecule has 1 amide bonds. The minimum atomic E-state index is -0.928. The molecule has 1 aliphatic heterocycles. The van der Waals surface area contributed by atoms with Gasteiger partial charge in [0.2, 0.25) is 5.91 Å². The van der Waals surface area contributed by atoms with Gasteiger partial charge in [-0.05, 0) is 50.8 Å². The van der Waals surface area contributed by atoms with E-state index in [0.717, 1.165) is 25.7 Å². The summed E-state index contributed by atoms with van der Waals surface area (Å²) in [5, 5.41) is 8.98. The van der Waals surface area contributed by atoms with E-state index in [1.54, 1.807) is 0 Å². The van der Waals surface area contributed by atoms with Crippen LogP contribution in [-0.2, 0) is 15.1 Å². The standard InChI is InChI=1S/C19H26N2O3.ClH/c1-20(2)19(15-6-4-3-5-7-15)10-8-18(9-11-19)12-16(22)21(14-18)13-17(23)24;/h3-7H,8-14H2,1-2H3,(H,23,24);1H. The summed E-state index contributed by atoms with van der Waals surface area (Å²) in [5.41, 5.74) is 1.30. The molecule has 138 valence electrons. The van der Waals surface area contributed by atoms with Crippen molar-refractivity contribution in [1.82, 2.24) is 9.80 Å². The van der Waals surface area contributed by atoms with Gasteiger partial charge in [-0.15, -0.1) is 12.4 Å². The van der Waals surface area contributed by atoms with Crippen LogP contribution in [0.5, 0.6) is 0 Å². The van der Waals surface area contributed by atoms with E-state index in [-0.39, 0.29) is 35.8 Å². The Hall–Kier alpha value is -1.59. The minimum absolute atomic E-state index is 0. The van der Waals surface area contributed by atoms with Gasteiger partial charge in [-0.3, -0.25) is 14.5 Å². The number of carbonyl (C=O) groups excluding carboxylic acids is 1. The average Bonchev–Trinajstić information content (AvgIpc) is 2.84. The van der Waals surface area contributed by atoms with Crippen molar-refractivity contribution in [3.05, 3.63) is 35.9 Å². The lowest BCUT2D eigenvalue weighted by Gasteiger charge is -2.48. The normalized spacial score (nSPS) is 29.1. The highest BCUT2D eigenvalue weighted by atomic mass is 35.5. The van der Waals surface area contributed by atoms with Crippen LogP contribution in [0.15, 0.2) is 30.3 Å². The molecule has 0 unspecified atom stereocenters. The largest absolute Gasteiger partial charge is 0.480 e. The molecule has 1 aliphatic carbocycles. The highest BCUT2D eigenvalue weighted by Gasteiger charge is 2.50. The molecule has 3 rings (SSSR count). The van der Waals surface area contributed by atoms with E-state index >= 15 is 0 Å². The summed E-state index contributed by atoms with van der Waals surface area (Å²) in [7, 11) is 4.25. The first-order valence-corrected chi connectivity index (χ1v) is 8.60. The molecular formula is C19H27ClN2O3. The quantitative estimate of drug-likeness (QED) is 0.890. The molecule has 1 saturated heterocycles. The van der Waals surface area contributed by atoms with Crippen molar-refractivity contribution in [2.24, 2.45) is 5.41 Å². The number of likely N-dealkylation sites (tertiary alicyclic amines) is 1. The SMILES string of the molecule is CN(C)C1(c2ccccc2)CCC2(CC1)CC(=O)N(CC(=O)O)C2.Cl. The molecule has 5 nitrogen and oxygen atoms in total. The molecule has 6 heteroatoms. The fourth-order valence-electron chi connectivity index (χ4n) is 4.56. The van der Waals surface area contributed by atoms with Gasteiger partial charge in [-0.25, -0.2) is 0 Å². The molecule has 25 heavy (non-hydrogen) atoms. The van der Waals surface area contributed by atoms with E-state index < -0.39 is 5.97 Å². The Balaban J connectivity index is 0.00000225. The van der Waals surface area contributed by atoms with E-state index in [1.807, 2.05) is 6.07 Å². The summed E-state index contributed by atoms with van der Waals surface area (Å²) < 4.78 is 0. The van der Waals surface area contributed by atoms with Gasteiger partial charge in [0, 0.05) is 18.5 Å². The highest BCUT2D eigenvalue weighted by Crippen LogP contribution is 2.51. The van der Waals surface area contributed by atoms with Crippen molar-refractivity contribution in [1.29, 1.82) is 0 Å². The first kappa shape index (κ1) is 19.7. The number of carboxylic acids is 1. The van der Waals surface area contributed by atoms with Gasteiger partial charge in [0.1, 0.15) is 6.54 Å². The van der Waals surface area contributed by atoms with Crippen LogP contribution in [0.25, 0.3) is 0 Å². The second-order valence-electron chi connectivity index (χ2n) is 7.61. The smallest absolute Gasteiger partial charge is 0.323 e. The molecule has 1 aromatic rings. The monoisotopic (exact) mass is 366 g/mol. The second-order valence-corrected chi connectivity index (χ2v) is 7.61. The van der Waals surface area contributed by atoms with Crippen molar-refractivity contribution in [3.8, 4) is 0 Å². The second kappa shape index (κ2) is 7.34. The number of halogens is 1. The fourth-order valence-corrected chi connectivity index (χ4v) is 4.56. The van der Waals surface area contributed by atoms with Crippen LogP contribution in [-0.4, -0.2) is 54.0 Å². The summed E-state index contributed by atoms with van der Waals surface area (Å²) in [6.45, 7) is 0.425. The lowest BCUT2D eigenvalue weighted by Crippen LogP contribution is -2.47. The molecular weight excluding hydrogens is 340 g/mol. The van der Waals surface area contributed by atoms with Crippen LogP contribution in [0, 0.1) is 5.41 Å². The Bertz CT molecular complexity index is 625. The maximum atomic E-state index is 12.2. The van der Waals surface area contributed by atoms with Gasteiger partial charge in [-0.1, -0.05) is 30.3 Å². The summed E-state index contributed by atoms with van der Waals surface area (Å²) in [6, 6.07) is 10.6. The fraction of sp³-hybridized carbons (Fsp3) is 0.579. The average molecular weight is 367 g/mol. The third-order valence-corrected chi connectivity index (χ3v) is 6.04. The first-order valence-electron chi connectivity index (χ1n) is 8.60. The molecule has 1 aromatic carbocycles. The Morgan fingerprint density at radius 3 is 2.28 bits per heavy atom. The summed E-state index contributed by atoms with van der Waals surface area (Å²) in [6.07, 6.45) is 4.42. The third kappa shape index (κ3) is 3.67. The van der Waals surface area contributed by atoms with Gasteiger partial charge in [0.15, 0.2) is 0 Å². The molecule has 0 bridgehead atoms. The van der Waals surface area contributed by atoms with E-state index in [4.69, 9.17) is 5.11 Å². The molecule has 1 saturated carbocycles. The van der Waals surface area contributed by atoms with Crippen LogP contribution < -0.4 is 0 Å². The molecule has 2 fully saturated rings. The van der Waals surface area contributed by atoms with E-state index in [2.05, 4.69) is 43.3 Å². The first-order chi connectivity index (χ1) is 11.4. The number of hydrogen-bond acceptors (Lipinski definition) is 3. The number of amides is 1. The van der Waals surface area contributed by atoms with Crippen LogP contribution in [0.3, 0.4) is 0 Å². The zero-order chi connectivity index (χ0) is 17.4. The van der Waals surface area contributed by atoms with Crippen LogP contribution >= 0.6 is 12.4 Å². The number of benzene rings is 1. The Labute approximate surface area is 155 Å². The van der Waals surface area contributed by atoms with Gasteiger partial charge in [0.25, 0.3) is 0 Å². The van der Waals surface area contributed by atoms with Crippen LogP contribution in [0.1, 0.15) is 37.7 Å². The Morgan fingerprint density at radius 2 is 1.76 bits per heavy atom. The minimum Gasteiger partial charge on any atom is -0.480 e. The van der Waals surface area contributed by atoms with Crippen molar-refractivity contribution >= 4 is 24.3 Å². The van der Waals surface area contributed by atoms with Crippen molar-refractivity contribution in [2.45, 2.75) is 37.6 Å². The summed E-state index contributed by atoms with van der Waals surface area (Å²) in [5.74, 6) is -0.933. The van der Waals surface area contributed by atoms with E-state index in [1.165, 1.54) is 10.5 Å². The van der Waals surface area contributed by atoms with Gasteiger partial charge in [0.05, 0.1) is 0 Å². The number of aliphatic carboxylic acids is 1. The number of carbonyl (C=O) groups is 2. The Morgan fingerprint density at radius 1 is 1.16 bits per heavy atom. The van der Waals surface area contributed by atoms with Gasteiger partial charge >= 0.3 is 5.97 Å². The molecule has 1 N–H and O–H groups in total. The van der Waals surface area contributed by atoms with Gasteiger partial charge < -0.3 is 10.0 Å². The predicted octanol–water partition coefficient (Wildman–Crippen LogP) is 2.74. The van der Waals surface area contributed by atoms with Crippen molar-refractivity contribution in [3.63, 3.8) is 0 Å². The number of rotatable bonds is 4. The maximum absolute atomic E-state index is 12.2. The van der Waals surface area contributed by atoms with Crippen molar-refractivity contribution < 1.29 is 14.7 Å². The van der Waals surface area contributed by atoms with Crippen molar-refractivity contribution in [2.75, 3.05) is 27.2 Å². The third-order valence-electron chi connectivity index (χ3n) is 6.04. The number of hydrogen-bond donors (Lipinski definition) is 1. The molecule has 0 radical (unpaired) electrons. The van der Waals surface area contributed by atoms with E-state index in [9.17, 15) is 9.59 Å². The zero-order valence-corrected chi connectivity index (χ0v) is 15.7. The Kier molecular flexibility index (Phi) is 5.79. The topological polar surface area (TPSA) is 60.9 Å². The molecule has 2 aliphatic rings. The van der Waals surface area contributed by atoms with Crippen LogP contribution in [0.4, 0.5) is 0 Å². The van der Waals surface area contributed by atoms with Crippen LogP contribution in [0.2, 0.25) is 0 Å².